The Labute approximate surface area is 150 Å². The van der Waals surface area contributed by atoms with Gasteiger partial charge in [0.15, 0.2) is 0 Å². The van der Waals surface area contributed by atoms with Crippen LogP contribution in [0.15, 0.2) is 36.4 Å². The lowest BCUT2D eigenvalue weighted by atomic mass is 10.1. The summed E-state index contributed by atoms with van der Waals surface area (Å²) in [5, 5.41) is 3.22. The van der Waals surface area contributed by atoms with Gasteiger partial charge in [-0.1, -0.05) is 30.3 Å². The number of hydrogen-bond acceptors (Lipinski definition) is 2. The van der Waals surface area contributed by atoms with E-state index in [9.17, 15) is 4.79 Å². The summed E-state index contributed by atoms with van der Waals surface area (Å²) in [7, 11) is 1.98. The third kappa shape index (κ3) is 3.49. The monoisotopic (exact) mass is 339 g/mol. The van der Waals surface area contributed by atoms with E-state index in [4.69, 9.17) is 0 Å². The molecule has 1 aromatic heterocycles. The van der Waals surface area contributed by atoms with E-state index in [-0.39, 0.29) is 11.9 Å². The molecule has 1 saturated heterocycles. The van der Waals surface area contributed by atoms with Gasteiger partial charge in [0.25, 0.3) is 5.91 Å². The fourth-order valence-electron chi connectivity index (χ4n) is 4.11. The second kappa shape index (κ2) is 7.44. The van der Waals surface area contributed by atoms with Crippen molar-refractivity contribution < 1.29 is 4.79 Å². The Kier molecular flexibility index (Phi) is 5.28. The van der Waals surface area contributed by atoms with Crippen molar-refractivity contribution >= 4 is 5.91 Å². The van der Waals surface area contributed by atoms with E-state index in [2.05, 4.69) is 61.0 Å². The summed E-state index contributed by atoms with van der Waals surface area (Å²) in [6.07, 6.45) is 1.09. The van der Waals surface area contributed by atoms with Gasteiger partial charge < -0.3 is 14.8 Å². The van der Waals surface area contributed by atoms with Crippen molar-refractivity contribution in [1.29, 1.82) is 0 Å². The summed E-state index contributed by atoms with van der Waals surface area (Å²) >= 11 is 0. The van der Waals surface area contributed by atoms with Crippen molar-refractivity contribution in [2.75, 3.05) is 26.7 Å². The molecule has 134 valence electrons. The van der Waals surface area contributed by atoms with Crippen molar-refractivity contribution in [3.8, 4) is 0 Å². The first-order chi connectivity index (χ1) is 12.0. The van der Waals surface area contributed by atoms with Gasteiger partial charge in [0.2, 0.25) is 0 Å². The molecule has 2 aromatic rings. The summed E-state index contributed by atoms with van der Waals surface area (Å²) in [4.78, 5) is 15.0. The van der Waals surface area contributed by atoms with E-state index in [1.807, 2.05) is 18.0 Å². The number of aryl methyl sites for hydroxylation is 1. The molecule has 1 aliphatic heterocycles. The van der Waals surface area contributed by atoms with Crippen molar-refractivity contribution in [2.24, 2.45) is 5.92 Å². The molecule has 1 amide bonds. The molecule has 0 bridgehead atoms. The van der Waals surface area contributed by atoms with E-state index < -0.39 is 0 Å². The molecule has 1 N–H and O–H groups in total. The highest BCUT2D eigenvalue weighted by Gasteiger charge is 2.29. The molecule has 2 heterocycles. The molecule has 0 unspecified atom stereocenters. The van der Waals surface area contributed by atoms with Gasteiger partial charge in [-0.15, -0.1) is 0 Å². The van der Waals surface area contributed by atoms with Crippen LogP contribution in [0.5, 0.6) is 0 Å². The quantitative estimate of drug-likeness (QED) is 0.906. The first kappa shape index (κ1) is 17.7. The van der Waals surface area contributed by atoms with E-state index in [0.717, 1.165) is 43.0 Å². The molecule has 0 spiro atoms. The molecule has 4 nitrogen and oxygen atoms in total. The highest BCUT2D eigenvalue weighted by Crippen LogP contribution is 2.27. The molecule has 1 aliphatic rings. The van der Waals surface area contributed by atoms with Gasteiger partial charge in [0, 0.05) is 24.5 Å². The Hall–Kier alpha value is -2.07. The van der Waals surface area contributed by atoms with Crippen LogP contribution in [0.4, 0.5) is 0 Å². The highest BCUT2D eigenvalue weighted by molar-refractivity contribution is 5.96. The summed E-state index contributed by atoms with van der Waals surface area (Å²) in [5.41, 5.74) is 4.32. The maximum atomic E-state index is 13.0. The van der Waals surface area contributed by atoms with Crippen molar-refractivity contribution in [2.45, 2.75) is 33.2 Å². The second-order valence-corrected chi connectivity index (χ2v) is 7.21. The molecule has 0 saturated carbocycles. The maximum Gasteiger partial charge on any atom is 0.255 e. The lowest BCUT2D eigenvalue weighted by Crippen LogP contribution is -2.30. The van der Waals surface area contributed by atoms with E-state index in [1.54, 1.807) is 0 Å². The normalized spacial score (nSPS) is 18.6. The topological polar surface area (TPSA) is 37.3 Å². The number of aromatic nitrogens is 1. The van der Waals surface area contributed by atoms with E-state index in [0.29, 0.717) is 5.92 Å². The first-order valence-corrected chi connectivity index (χ1v) is 9.20. The standard InChI is InChI=1S/C21H29N3O/c1-15-12-20(21(25)23-11-10-18(14-23)13-22-4)17(3)24(15)16(2)19-8-6-5-7-9-19/h5-9,12,16,18,22H,10-11,13-14H2,1-4H3/t16-,18+/m0/s1. The van der Waals surface area contributed by atoms with Gasteiger partial charge in [-0.25, -0.2) is 0 Å². The van der Waals surface area contributed by atoms with Crippen molar-refractivity contribution in [3.05, 3.63) is 58.9 Å². The van der Waals surface area contributed by atoms with Crippen LogP contribution in [0.25, 0.3) is 0 Å². The Morgan fingerprint density at radius 3 is 2.68 bits per heavy atom. The Morgan fingerprint density at radius 2 is 2.00 bits per heavy atom. The highest BCUT2D eigenvalue weighted by atomic mass is 16.2. The molecule has 1 fully saturated rings. The zero-order chi connectivity index (χ0) is 18.0. The minimum absolute atomic E-state index is 0.179. The van der Waals surface area contributed by atoms with Crippen LogP contribution in [0.3, 0.4) is 0 Å². The molecule has 2 atom stereocenters. The lowest BCUT2D eigenvalue weighted by molar-refractivity contribution is 0.0786. The minimum Gasteiger partial charge on any atom is -0.341 e. The summed E-state index contributed by atoms with van der Waals surface area (Å²) < 4.78 is 2.28. The smallest absolute Gasteiger partial charge is 0.255 e. The fourth-order valence-corrected chi connectivity index (χ4v) is 4.11. The van der Waals surface area contributed by atoms with Gasteiger partial charge in [-0.05, 0) is 58.3 Å². The van der Waals surface area contributed by atoms with E-state index >= 15 is 0 Å². The SMILES string of the molecule is CNC[C@H]1CCN(C(=O)c2cc(C)n([C@@H](C)c3ccccc3)c2C)C1. The summed E-state index contributed by atoms with van der Waals surface area (Å²) in [6.45, 7) is 9.06. The third-order valence-electron chi connectivity index (χ3n) is 5.45. The molecule has 25 heavy (non-hydrogen) atoms. The van der Waals surface area contributed by atoms with Crippen LogP contribution in [0.1, 0.15) is 46.7 Å². The van der Waals surface area contributed by atoms with Gasteiger partial charge >= 0.3 is 0 Å². The van der Waals surface area contributed by atoms with E-state index in [1.165, 1.54) is 5.56 Å². The summed E-state index contributed by atoms with van der Waals surface area (Å²) in [5.74, 6) is 0.749. The minimum atomic E-state index is 0.179. The number of nitrogens with zero attached hydrogens (tertiary/aromatic N) is 2. The zero-order valence-corrected chi connectivity index (χ0v) is 15.7. The van der Waals surface area contributed by atoms with Crippen LogP contribution in [-0.2, 0) is 0 Å². The lowest BCUT2D eigenvalue weighted by Gasteiger charge is -2.20. The number of carbonyl (C=O) groups excluding carboxylic acids is 1. The van der Waals surface area contributed by atoms with Crippen molar-refractivity contribution in [3.63, 3.8) is 0 Å². The molecule has 4 heteroatoms. The largest absolute Gasteiger partial charge is 0.341 e. The fraction of sp³-hybridized carbons (Fsp3) is 0.476. The molecule has 0 aliphatic carbocycles. The van der Waals surface area contributed by atoms with Crippen LogP contribution >= 0.6 is 0 Å². The molecule has 3 rings (SSSR count). The number of amides is 1. The number of carbonyl (C=O) groups is 1. The Morgan fingerprint density at radius 1 is 1.28 bits per heavy atom. The number of benzene rings is 1. The zero-order valence-electron chi connectivity index (χ0n) is 15.7. The van der Waals surface area contributed by atoms with Crippen LogP contribution in [0.2, 0.25) is 0 Å². The van der Waals surface area contributed by atoms with Crippen molar-refractivity contribution in [1.82, 2.24) is 14.8 Å². The Bertz CT molecular complexity index is 735. The van der Waals surface area contributed by atoms with Gasteiger partial charge in [0.1, 0.15) is 0 Å². The predicted octanol–water partition coefficient (Wildman–Crippen LogP) is 3.40. The number of nitrogens with one attached hydrogen (secondary N) is 1. The number of rotatable bonds is 5. The average molecular weight is 339 g/mol. The molecule has 1 aromatic carbocycles. The maximum absolute atomic E-state index is 13.0. The predicted molar refractivity (Wildman–Crippen MR) is 102 cm³/mol. The Balaban J connectivity index is 1.84. The van der Waals surface area contributed by atoms with Crippen LogP contribution in [0, 0.1) is 19.8 Å². The second-order valence-electron chi connectivity index (χ2n) is 7.21. The van der Waals surface area contributed by atoms with Gasteiger partial charge in [0.05, 0.1) is 11.6 Å². The summed E-state index contributed by atoms with van der Waals surface area (Å²) in [6, 6.07) is 12.7. The van der Waals surface area contributed by atoms with Crippen LogP contribution < -0.4 is 5.32 Å². The third-order valence-corrected chi connectivity index (χ3v) is 5.45. The number of hydrogen-bond donors (Lipinski definition) is 1. The number of likely N-dealkylation sites (tertiary alicyclic amines) is 1. The van der Waals surface area contributed by atoms with Gasteiger partial charge in [-0.2, -0.15) is 0 Å². The van der Waals surface area contributed by atoms with Crippen LogP contribution in [-0.4, -0.2) is 42.1 Å². The van der Waals surface area contributed by atoms with Gasteiger partial charge in [-0.3, -0.25) is 4.79 Å². The molecular weight excluding hydrogens is 310 g/mol. The molecule has 0 radical (unpaired) electrons. The molecular formula is C21H29N3O. The average Bonchev–Trinajstić information content (AvgIpc) is 3.19. The first-order valence-electron chi connectivity index (χ1n) is 9.20.